The number of Topliss-reactive ketones (excluding diaryl/α,β-unsaturated/α-hetero) is 1. The summed E-state index contributed by atoms with van der Waals surface area (Å²) in [5.74, 6) is -0.0391. The van der Waals surface area contributed by atoms with Crippen LogP contribution in [0.15, 0.2) is 69.4 Å². The highest BCUT2D eigenvalue weighted by Crippen LogP contribution is 2.41. The van der Waals surface area contributed by atoms with E-state index < -0.39 is 17.7 Å². The number of carbonyl (C=O) groups is 2. The van der Waals surface area contributed by atoms with Gasteiger partial charge in [0.2, 0.25) is 0 Å². The Hall–Kier alpha value is -3.74. The molecule has 7 nitrogen and oxygen atoms in total. The van der Waals surface area contributed by atoms with Gasteiger partial charge in [0.05, 0.1) is 31.8 Å². The van der Waals surface area contributed by atoms with Crippen LogP contribution in [0.25, 0.3) is 5.76 Å². The van der Waals surface area contributed by atoms with Crippen molar-refractivity contribution in [1.29, 1.82) is 0 Å². The lowest BCUT2D eigenvalue weighted by molar-refractivity contribution is -0.140. The van der Waals surface area contributed by atoms with Gasteiger partial charge in [0.1, 0.15) is 29.1 Å². The Labute approximate surface area is 179 Å². The first-order valence-corrected chi connectivity index (χ1v) is 9.94. The first-order valence-electron chi connectivity index (χ1n) is 9.94. The molecule has 3 heterocycles. The molecule has 31 heavy (non-hydrogen) atoms. The van der Waals surface area contributed by atoms with E-state index in [0.29, 0.717) is 22.8 Å². The maximum atomic E-state index is 13.0. The van der Waals surface area contributed by atoms with Gasteiger partial charge in [-0.25, -0.2) is 0 Å². The Morgan fingerprint density at radius 1 is 1.13 bits per heavy atom. The fraction of sp³-hybridized carbons (Fsp3) is 0.250. The third kappa shape index (κ3) is 3.63. The van der Waals surface area contributed by atoms with Crippen LogP contribution < -0.4 is 4.74 Å². The minimum absolute atomic E-state index is 0.0219. The molecule has 1 atom stereocenters. The van der Waals surface area contributed by atoms with Crippen molar-refractivity contribution in [1.82, 2.24) is 4.90 Å². The Bertz CT molecular complexity index is 1130. The molecule has 1 aliphatic rings. The van der Waals surface area contributed by atoms with E-state index in [0.717, 1.165) is 5.56 Å². The molecule has 1 aromatic carbocycles. The smallest absolute Gasteiger partial charge is 0.296 e. The van der Waals surface area contributed by atoms with Crippen molar-refractivity contribution >= 4 is 17.4 Å². The minimum atomic E-state index is -0.871. The number of aliphatic hydroxyl groups is 1. The number of likely N-dealkylation sites (tertiary alicyclic amines) is 1. The summed E-state index contributed by atoms with van der Waals surface area (Å²) in [6.45, 7) is 4.08. The zero-order chi connectivity index (χ0) is 22.1. The van der Waals surface area contributed by atoms with E-state index in [1.54, 1.807) is 49.6 Å². The Kier molecular flexibility index (Phi) is 5.42. The van der Waals surface area contributed by atoms with Crippen molar-refractivity contribution in [3.8, 4) is 5.75 Å². The molecule has 1 aliphatic heterocycles. The summed E-state index contributed by atoms with van der Waals surface area (Å²) in [7, 11) is 1.58. The molecule has 0 radical (unpaired) electrons. The van der Waals surface area contributed by atoms with E-state index in [1.807, 2.05) is 13.8 Å². The van der Waals surface area contributed by atoms with E-state index in [1.165, 1.54) is 17.4 Å². The Morgan fingerprint density at radius 3 is 2.48 bits per heavy atom. The number of furan rings is 2. The van der Waals surface area contributed by atoms with Gasteiger partial charge in [-0.2, -0.15) is 0 Å². The molecule has 2 aromatic heterocycles. The van der Waals surface area contributed by atoms with Gasteiger partial charge in [0, 0.05) is 5.56 Å². The van der Waals surface area contributed by atoms with E-state index in [2.05, 4.69) is 0 Å². The highest BCUT2D eigenvalue weighted by molar-refractivity contribution is 6.46. The molecule has 1 amide bonds. The molecule has 1 fully saturated rings. The normalized spacial score (nSPS) is 18.2. The number of nitrogens with zero attached hydrogens (tertiary/aromatic N) is 1. The number of benzene rings is 1. The average Bonchev–Trinajstić information content (AvgIpc) is 3.52. The molecule has 0 saturated carbocycles. The van der Waals surface area contributed by atoms with E-state index in [-0.39, 0.29) is 23.8 Å². The second kappa shape index (κ2) is 8.18. The van der Waals surface area contributed by atoms with Crippen molar-refractivity contribution < 1.29 is 28.3 Å². The number of ether oxygens (including phenoxy) is 1. The largest absolute Gasteiger partial charge is 0.507 e. The fourth-order valence-corrected chi connectivity index (χ4v) is 3.84. The highest BCUT2D eigenvalue weighted by Gasteiger charge is 2.47. The quantitative estimate of drug-likeness (QED) is 0.354. The second-order valence-electron chi connectivity index (χ2n) is 7.63. The number of ketones is 1. The zero-order valence-corrected chi connectivity index (χ0v) is 17.5. The van der Waals surface area contributed by atoms with Crippen LogP contribution in [0, 0.1) is 0 Å². The Morgan fingerprint density at radius 2 is 1.87 bits per heavy atom. The van der Waals surface area contributed by atoms with Gasteiger partial charge >= 0.3 is 0 Å². The molecule has 1 N–H and O–H groups in total. The van der Waals surface area contributed by atoms with Crippen molar-refractivity contribution in [3.05, 3.63) is 83.2 Å². The molecule has 0 bridgehead atoms. The Balaban J connectivity index is 1.85. The first-order chi connectivity index (χ1) is 14.9. The molecular weight excluding hydrogens is 398 g/mol. The van der Waals surface area contributed by atoms with Gasteiger partial charge in [-0.05, 0) is 53.9 Å². The zero-order valence-electron chi connectivity index (χ0n) is 17.5. The van der Waals surface area contributed by atoms with Crippen LogP contribution in [0.5, 0.6) is 5.75 Å². The van der Waals surface area contributed by atoms with Crippen LogP contribution in [0.4, 0.5) is 0 Å². The summed E-state index contributed by atoms with van der Waals surface area (Å²) in [4.78, 5) is 27.2. The summed E-state index contributed by atoms with van der Waals surface area (Å²) in [5.41, 5.74) is 1.29. The topological polar surface area (TPSA) is 93.1 Å². The van der Waals surface area contributed by atoms with Crippen molar-refractivity contribution in [2.75, 3.05) is 7.11 Å². The molecule has 0 aliphatic carbocycles. The lowest BCUT2D eigenvalue weighted by atomic mass is 9.95. The number of carbonyl (C=O) groups excluding carboxylic acids is 2. The van der Waals surface area contributed by atoms with Crippen LogP contribution >= 0.6 is 0 Å². The van der Waals surface area contributed by atoms with Gasteiger partial charge in [0.15, 0.2) is 0 Å². The molecule has 4 rings (SSSR count). The molecule has 0 spiro atoms. The molecule has 1 unspecified atom stereocenters. The number of rotatable bonds is 6. The monoisotopic (exact) mass is 421 g/mol. The molecule has 160 valence electrons. The number of aliphatic hydroxyl groups excluding tert-OH is 1. The highest BCUT2D eigenvalue weighted by atomic mass is 16.5. The van der Waals surface area contributed by atoms with Crippen LogP contribution in [-0.4, -0.2) is 28.8 Å². The molecule has 3 aromatic rings. The van der Waals surface area contributed by atoms with Gasteiger partial charge in [-0.3, -0.25) is 9.59 Å². The van der Waals surface area contributed by atoms with Crippen molar-refractivity contribution in [3.63, 3.8) is 0 Å². The number of hydrogen-bond acceptors (Lipinski definition) is 6. The number of amides is 1. The summed E-state index contributed by atoms with van der Waals surface area (Å²) < 4.78 is 16.3. The van der Waals surface area contributed by atoms with Gasteiger partial charge < -0.3 is 23.6 Å². The molecule has 1 saturated heterocycles. The fourth-order valence-electron chi connectivity index (χ4n) is 3.84. The van der Waals surface area contributed by atoms with Crippen LogP contribution in [0.1, 0.15) is 48.5 Å². The SMILES string of the molecule is COc1ccc(/C(O)=C2/C(=O)C(=O)N(Cc3ccco3)C2c2ccco2)cc1C(C)C. The molecular formula is C24H23NO6. The maximum Gasteiger partial charge on any atom is 0.296 e. The van der Waals surface area contributed by atoms with E-state index in [9.17, 15) is 14.7 Å². The first kappa shape index (κ1) is 20.5. The van der Waals surface area contributed by atoms with E-state index in [4.69, 9.17) is 13.6 Å². The van der Waals surface area contributed by atoms with Gasteiger partial charge in [-0.1, -0.05) is 13.8 Å². The standard InChI is InChI=1S/C24H23NO6/c1-14(2)17-12-15(8-9-18(17)29-3)22(26)20-21(19-7-5-11-31-19)25(24(28)23(20)27)13-16-6-4-10-30-16/h4-12,14,21,26H,13H2,1-3H3/b22-20-. The average molecular weight is 421 g/mol. The van der Waals surface area contributed by atoms with Crippen molar-refractivity contribution in [2.24, 2.45) is 0 Å². The molecule has 7 heteroatoms. The second-order valence-corrected chi connectivity index (χ2v) is 7.63. The predicted octanol–water partition coefficient (Wildman–Crippen LogP) is 4.63. The number of methoxy groups -OCH3 is 1. The predicted molar refractivity (Wildman–Crippen MR) is 112 cm³/mol. The lowest BCUT2D eigenvalue weighted by Gasteiger charge is -2.22. The third-order valence-corrected chi connectivity index (χ3v) is 5.38. The lowest BCUT2D eigenvalue weighted by Crippen LogP contribution is -2.28. The van der Waals surface area contributed by atoms with Crippen LogP contribution in [0.3, 0.4) is 0 Å². The van der Waals surface area contributed by atoms with Gasteiger partial charge in [0.25, 0.3) is 11.7 Å². The van der Waals surface area contributed by atoms with Crippen LogP contribution in [-0.2, 0) is 16.1 Å². The minimum Gasteiger partial charge on any atom is -0.507 e. The number of hydrogen-bond donors (Lipinski definition) is 1. The van der Waals surface area contributed by atoms with Crippen LogP contribution in [0.2, 0.25) is 0 Å². The summed E-state index contributed by atoms with van der Waals surface area (Å²) >= 11 is 0. The summed E-state index contributed by atoms with van der Waals surface area (Å²) in [5, 5.41) is 11.2. The van der Waals surface area contributed by atoms with E-state index >= 15 is 0 Å². The maximum absolute atomic E-state index is 13.0. The van der Waals surface area contributed by atoms with Crippen molar-refractivity contribution in [2.45, 2.75) is 32.4 Å². The third-order valence-electron chi connectivity index (χ3n) is 5.38. The summed E-state index contributed by atoms with van der Waals surface area (Å²) in [6, 6.07) is 11.1. The van der Waals surface area contributed by atoms with Gasteiger partial charge in [-0.15, -0.1) is 0 Å². The summed E-state index contributed by atoms with van der Waals surface area (Å²) in [6.07, 6.45) is 2.96.